The summed E-state index contributed by atoms with van der Waals surface area (Å²) in [6.07, 6.45) is 9.96. The molecule has 4 aliphatic rings. The van der Waals surface area contributed by atoms with Gasteiger partial charge in [-0.05, 0) is 37.1 Å². The van der Waals surface area contributed by atoms with E-state index in [4.69, 9.17) is 9.05 Å². The van der Waals surface area contributed by atoms with Crippen molar-refractivity contribution in [1.82, 2.24) is 0 Å². The summed E-state index contributed by atoms with van der Waals surface area (Å²) in [5.41, 5.74) is 3.26. The Labute approximate surface area is 209 Å². The Morgan fingerprint density at radius 2 is 0.861 bits per heavy atom. The van der Waals surface area contributed by atoms with Gasteiger partial charge in [0.2, 0.25) is 0 Å². The minimum atomic E-state index is -4.17. The lowest BCUT2D eigenvalue weighted by Crippen LogP contribution is -2.15. The number of benzene rings is 3. The molecular formula is C28H24O6P2. The van der Waals surface area contributed by atoms with Gasteiger partial charge in [0, 0.05) is 45.9 Å². The number of hydrogen-bond donors (Lipinski definition) is 2. The largest absolute Gasteiger partial charge is 0.421 e. The van der Waals surface area contributed by atoms with E-state index in [0.717, 1.165) is 35.1 Å². The maximum atomic E-state index is 13.5. The predicted octanol–water partition coefficient (Wildman–Crippen LogP) is 5.75. The van der Waals surface area contributed by atoms with E-state index in [2.05, 4.69) is 24.3 Å². The van der Waals surface area contributed by atoms with Crippen LogP contribution in [0, 0.1) is 0 Å². The molecule has 8 heteroatoms. The van der Waals surface area contributed by atoms with Gasteiger partial charge in [0.1, 0.15) is 11.5 Å². The first-order chi connectivity index (χ1) is 17.3. The van der Waals surface area contributed by atoms with Crippen molar-refractivity contribution in [3.8, 4) is 11.5 Å². The van der Waals surface area contributed by atoms with E-state index in [1.54, 1.807) is 60.7 Å². The van der Waals surface area contributed by atoms with Crippen LogP contribution in [0.3, 0.4) is 0 Å². The summed E-state index contributed by atoms with van der Waals surface area (Å²) in [5, 5.41) is 0.461. The normalized spacial score (nSPS) is 27.4. The van der Waals surface area contributed by atoms with Crippen molar-refractivity contribution in [1.29, 1.82) is 0 Å². The smallest absolute Gasteiger partial charge is 0.408 e. The highest BCUT2D eigenvalue weighted by molar-refractivity contribution is 7.62. The highest BCUT2D eigenvalue weighted by Crippen LogP contribution is 2.67. The van der Waals surface area contributed by atoms with Gasteiger partial charge in [-0.15, -0.1) is 0 Å². The molecule has 3 aromatic carbocycles. The van der Waals surface area contributed by atoms with Crippen LogP contribution < -0.4 is 19.7 Å². The second-order valence-electron chi connectivity index (χ2n) is 9.87. The van der Waals surface area contributed by atoms with Crippen molar-refractivity contribution in [2.45, 2.75) is 36.5 Å². The summed E-state index contributed by atoms with van der Waals surface area (Å²) in [5.74, 6) is 0.900. The molecule has 6 atom stereocenters. The van der Waals surface area contributed by atoms with Crippen LogP contribution >= 0.6 is 15.2 Å². The average Bonchev–Trinajstić information content (AvgIpc) is 3.68. The van der Waals surface area contributed by atoms with E-state index in [0.29, 0.717) is 11.5 Å². The van der Waals surface area contributed by atoms with Gasteiger partial charge in [-0.25, -0.2) is 9.13 Å². The first kappa shape index (κ1) is 22.3. The maximum absolute atomic E-state index is 13.5. The lowest BCUT2D eigenvalue weighted by atomic mass is 9.85. The van der Waals surface area contributed by atoms with Gasteiger partial charge < -0.3 is 18.8 Å². The van der Waals surface area contributed by atoms with Gasteiger partial charge >= 0.3 is 15.2 Å². The number of rotatable bonds is 6. The van der Waals surface area contributed by atoms with Gasteiger partial charge in [-0.3, -0.25) is 0 Å². The molecular weight excluding hydrogens is 494 g/mol. The number of hydrogen-bond acceptors (Lipinski definition) is 4. The Kier molecular flexibility index (Phi) is 4.84. The number of allylic oxidation sites excluding steroid dienone is 4. The highest BCUT2D eigenvalue weighted by atomic mass is 31.2. The fourth-order valence-corrected chi connectivity index (χ4v) is 8.49. The van der Waals surface area contributed by atoms with Crippen LogP contribution in [-0.2, 0) is 9.13 Å². The van der Waals surface area contributed by atoms with Crippen LogP contribution in [-0.4, -0.2) is 9.79 Å². The van der Waals surface area contributed by atoms with Crippen LogP contribution in [0.15, 0.2) is 85.0 Å². The molecule has 2 N–H and O–H groups in total. The van der Waals surface area contributed by atoms with Crippen LogP contribution in [0.25, 0.3) is 0 Å². The van der Waals surface area contributed by atoms with E-state index in [-0.39, 0.29) is 34.3 Å². The monoisotopic (exact) mass is 518 g/mol. The molecule has 0 heterocycles. The topological polar surface area (TPSA) is 93.1 Å². The van der Waals surface area contributed by atoms with Gasteiger partial charge in [0.25, 0.3) is 0 Å². The fraction of sp³-hybridized carbons (Fsp3) is 0.214. The molecule has 0 saturated carbocycles. The second-order valence-corrected chi connectivity index (χ2v) is 13.4. The van der Waals surface area contributed by atoms with E-state index in [9.17, 15) is 18.9 Å². The molecule has 0 aromatic heterocycles. The van der Waals surface area contributed by atoms with Gasteiger partial charge in [-0.1, -0.05) is 60.7 Å². The average molecular weight is 518 g/mol. The molecule has 0 fully saturated rings. The molecule has 0 spiro atoms. The second kappa shape index (κ2) is 7.81. The van der Waals surface area contributed by atoms with Crippen LogP contribution in [0.1, 0.15) is 58.8 Å². The third-order valence-corrected chi connectivity index (χ3v) is 10.6. The van der Waals surface area contributed by atoms with Gasteiger partial charge in [0.05, 0.1) is 10.6 Å². The molecule has 4 bridgehead atoms. The molecule has 0 amide bonds. The summed E-state index contributed by atoms with van der Waals surface area (Å²) >= 11 is 0. The third kappa shape index (κ3) is 3.26. The molecule has 182 valence electrons. The van der Waals surface area contributed by atoms with Crippen molar-refractivity contribution in [2.24, 2.45) is 0 Å². The first-order valence-electron chi connectivity index (χ1n) is 12.1. The minimum Gasteiger partial charge on any atom is -0.421 e. The van der Waals surface area contributed by atoms with Crippen LogP contribution in [0.4, 0.5) is 0 Å². The molecule has 7 rings (SSSR count). The highest BCUT2D eigenvalue weighted by Gasteiger charge is 2.49. The Hall–Kier alpha value is -2.88. The minimum absolute atomic E-state index is 0.00123. The van der Waals surface area contributed by atoms with Crippen molar-refractivity contribution < 1.29 is 28.0 Å². The molecule has 36 heavy (non-hydrogen) atoms. The van der Waals surface area contributed by atoms with E-state index < -0.39 is 15.2 Å². The van der Waals surface area contributed by atoms with Crippen LogP contribution in [0.5, 0.6) is 11.5 Å². The van der Waals surface area contributed by atoms with Gasteiger partial charge in [0.15, 0.2) is 0 Å². The molecule has 6 unspecified atom stereocenters. The fourth-order valence-electron chi connectivity index (χ4n) is 6.29. The zero-order chi connectivity index (χ0) is 24.7. The standard InChI is InChI=1S/C28H24O6P2/c29-35(30,21-7-3-1-4-8-21)33-27-23-17-11-13-19(15-17)25(23)28(26-20-14-12-18(16-20)24(26)27)34-36(31,32)22-9-5-2-6-10-22/h1-14,17-20H,15-16H2,(H,29,30)(H,31,32). The van der Waals surface area contributed by atoms with E-state index >= 15 is 0 Å². The zero-order valence-corrected chi connectivity index (χ0v) is 21.0. The lowest BCUT2D eigenvalue weighted by Gasteiger charge is -2.29. The zero-order valence-electron chi connectivity index (χ0n) is 19.2. The van der Waals surface area contributed by atoms with Crippen LogP contribution in [0.2, 0.25) is 0 Å². The quantitative estimate of drug-likeness (QED) is 0.319. The van der Waals surface area contributed by atoms with Crippen molar-refractivity contribution >= 4 is 25.8 Å². The summed E-state index contributed by atoms with van der Waals surface area (Å²) in [6, 6.07) is 16.8. The molecule has 0 saturated heterocycles. The Morgan fingerprint density at radius 1 is 0.556 bits per heavy atom. The SMILES string of the molecule is O=P(O)(Oc1c2c(c(OP(=O)(O)c3ccccc3)c3c1C1C=CC3C1)C1C=CC2C1)c1ccccc1. The summed E-state index contributed by atoms with van der Waals surface area (Å²) in [7, 11) is -8.35. The molecule has 0 aliphatic heterocycles. The first-order valence-corrected chi connectivity index (χ1v) is 15.2. The Balaban J connectivity index is 1.43. The van der Waals surface area contributed by atoms with Crippen molar-refractivity contribution in [2.75, 3.05) is 0 Å². The molecule has 6 nitrogen and oxygen atoms in total. The lowest BCUT2D eigenvalue weighted by molar-refractivity contribution is 0.382. The van der Waals surface area contributed by atoms with E-state index in [1.165, 1.54) is 0 Å². The Morgan fingerprint density at radius 3 is 1.17 bits per heavy atom. The number of fused-ring (bicyclic) bond motifs is 10. The summed E-state index contributed by atoms with van der Waals surface area (Å²) in [4.78, 5) is 22.1. The van der Waals surface area contributed by atoms with E-state index in [1.807, 2.05) is 0 Å². The Bertz CT molecular complexity index is 1380. The van der Waals surface area contributed by atoms with Crippen molar-refractivity contribution in [3.63, 3.8) is 0 Å². The maximum Gasteiger partial charge on any atom is 0.408 e. The predicted molar refractivity (Wildman–Crippen MR) is 138 cm³/mol. The molecule has 4 aliphatic carbocycles. The molecule has 3 aromatic rings. The summed E-state index contributed by atoms with van der Waals surface area (Å²) in [6.45, 7) is 0. The summed E-state index contributed by atoms with van der Waals surface area (Å²) < 4.78 is 39.2. The van der Waals surface area contributed by atoms with Crippen molar-refractivity contribution in [3.05, 3.63) is 107 Å². The van der Waals surface area contributed by atoms with Gasteiger partial charge in [-0.2, -0.15) is 0 Å². The molecule has 0 radical (unpaired) electrons. The third-order valence-electron chi connectivity index (χ3n) is 7.80.